The maximum atomic E-state index is 12.6. The van der Waals surface area contributed by atoms with Crippen LogP contribution in [0.3, 0.4) is 0 Å². The fraction of sp³-hybridized carbons (Fsp3) is 0.905. The Morgan fingerprint density at radius 3 is 0.867 bits per heavy atom. The Kier molecular flexibility index (Phi) is 77.8. The Bertz CT molecular complexity index is 1460. The number of unbranched alkanes of at least 4 members (excludes halogenated alkanes) is 63. The van der Waals surface area contributed by atoms with Crippen LogP contribution in [0.4, 0.5) is 0 Å². The number of aliphatic hydroxyl groups excluding tert-OH is 2. The second-order valence-corrected chi connectivity index (χ2v) is 28.5. The summed E-state index contributed by atoms with van der Waals surface area (Å²) in [6.45, 7) is 4.93. The summed E-state index contributed by atoms with van der Waals surface area (Å²) in [6, 6.07) is -0.627. The molecular weight excluding hydrogens is 1100 g/mol. The number of allylic oxidation sites excluding steroid dienone is 5. The van der Waals surface area contributed by atoms with E-state index in [-0.39, 0.29) is 18.5 Å². The lowest BCUT2D eigenvalue weighted by atomic mass is 10.0. The van der Waals surface area contributed by atoms with E-state index in [0.29, 0.717) is 19.4 Å². The summed E-state index contributed by atoms with van der Waals surface area (Å²) in [5.41, 5.74) is 0. The van der Waals surface area contributed by atoms with Gasteiger partial charge in [-0.15, -0.1) is 0 Å². The van der Waals surface area contributed by atoms with Crippen molar-refractivity contribution in [3.63, 3.8) is 0 Å². The molecule has 0 aliphatic heterocycles. The van der Waals surface area contributed by atoms with Crippen LogP contribution in [0, 0.1) is 0 Å². The third-order valence-corrected chi connectivity index (χ3v) is 19.4. The summed E-state index contributed by atoms with van der Waals surface area (Å²) in [7, 11) is 0. The van der Waals surface area contributed by atoms with E-state index in [1.807, 2.05) is 6.08 Å². The maximum absolute atomic E-state index is 12.6. The van der Waals surface area contributed by atoms with E-state index in [1.165, 1.54) is 385 Å². The van der Waals surface area contributed by atoms with Crippen LogP contribution in [0.15, 0.2) is 36.5 Å². The van der Waals surface area contributed by atoms with E-state index in [9.17, 15) is 19.8 Å². The molecule has 6 nitrogen and oxygen atoms in total. The van der Waals surface area contributed by atoms with Gasteiger partial charge < -0.3 is 20.3 Å². The molecule has 1 amide bonds. The van der Waals surface area contributed by atoms with Crippen molar-refractivity contribution in [1.82, 2.24) is 5.32 Å². The molecule has 0 bridgehead atoms. The summed E-state index contributed by atoms with van der Waals surface area (Å²) in [5, 5.41) is 23.3. The van der Waals surface area contributed by atoms with Crippen LogP contribution in [0.1, 0.15) is 463 Å². The Labute approximate surface area is 564 Å². The van der Waals surface area contributed by atoms with Crippen molar-refractivity contribution < 1.29 is 24.5 Å². The average Bonchev–Trinajstić information content (AvgIpc) is 3.69. The van der Waals surface area contributed by atoms with Crippen molar-refractivity contribution in [2.24, 2.45) is 0 Å². The molecule has 2 atom stereocenters. The summed E-state index contributed by atoms with van der Waals surface area (Å²) in [6.07, 6.45) is 104. The zero-order chi connectivity index (χ0) is 64.9. The van der Waals surface area contributed by atoms with Gasteiger partial charge in [-0.2, -0.15) is 0 Å². The maximum Gasteiger partial charge on any atom is 0.305 e. The molecule has 0 radical (unpaired) electrons. The van der Waals surface area contributed by atoms with Crippen molar-refractivity contribution >= 4 is 11.9 Å². The highest BCUT2D eigenvalue weighted by Crippen LogP contribution is 2.20. The van der Waals surface area contributed by atoms with Crippen molar-refractivity contribution in [2.75, 3.05) is 13.2 Å². The molecule has 6 heteroatoms. The molecule has 0 fully saturated rings. The number of rotatable bonds is 78. The van der Waals surface area contributed by atoms with E-state index in [2.05, 4.69) is 43.5 Å². The molecule has 0 aromatic rings. The highest BCUT2D eigenvalue weighted by molar-refractivity contribution is 5.76. The van der Waals surface area contributed by atoms with Crippen molar-refractivity contribution in [1.29, 1.82) is 0 Å². The number of carbonyl (C=O) groups is 2. The van der Waals surface area contributed by atoms with Gasteiger partial charge in [-0.3, -0.25) is 9.59 Å². The predicted molar refractivity (Wildman–Crippen MR) is 398 cm³/mol. The highest BCUT2D eigenvalue weighted by atomic mass is 16.5. The normalized spacial score (nSPS) is 12.6. The summed E-state index contributed by atoms with van der Waals surface area (Å²) in [4.78, 5) is 24.7. The third kappa shape index (κ3) is 75.1. The Balaban J connectivity index is 3.36. The number of esters is 1. The molecule has 0 aromatic carbocycles. The van der Waals surface area contributed by atoms with Gasteiger partial charge in [-0.1, -0.05) is 423 Å². The number of amides is 1. The Hall–Kier alpha value is -1.92. The second kappa shape index (κ2) is 79.5. The smallest absolute Gasteiger partial charge is 0.305 e. The zero-order valence-electron chi connectivity index (χ0n) is 61.1. The molecule has 532 valence electrons. The molecule has 0 saturated carbocycles. The molecular formula is C84H161NO5. The van der Waals surface area contributed by atoms with Crippen LogP contribution in [-0.4, -0.2) is 47.4 Å². The number of aliphatic hydroxyl groups is 2. The third-order valence-electron chi connectivity index (χ3n) is 19.4. The van der Waals surface area contributed by atoms with E-state index in [4.69, 9.17) is 4.74 Å². The molecule has 0 saturated heterocycles. The first-order chi connectivity index (χ1) is 44.5. The van der Waals surface area contributed by atoms with Gasteiger partial charge in [0.05, 0.1) is 25.4 Å². The van der Waals surface area contributed by atoms with Gasteiger partial charge >= 0.3 is 5.97 Å². The molecule has 0 rings (SSSR count). The minimum absolute atomic E-state index is 0.0164. The molecule has 2 unspecified atom stereocenters. The Morgan fingerprint density at radius 1 is 0.311 bits per heavy atom. The molecule has 0 aliphatic carbocycles. The predicted octanol–water partition coefficient (Wildman–Crippen LogP) is 27.4. The standard InChI is InChI=1S/C84H161NO5/c1-3-5-7-9-11-13-15-17-19-21-23-24-25-31-34-37-41-44-48-52-56-60-64-68-72-76-82(87)81(80-86)85-83(88)77-73-69-65-61-57-53-49-45-42-38-35-32-29-27-26-28-30-33-36-39-43-47-51-55-59-63-67-71-75-79-90-84(89)78-74-70-66-62-58-54-50-46-40-22-20-18-16-14-12-10-8-6-4-2/h12,14,18,20,72,76,81-82,86-87H,3-11,13,15-17,19,21-71,73-75,77-80H2,1-2H3,(H,85,88)/b14-12-,20-18-,76-72+. The van der Waals surface area contributed by atoms with Gasteiger partial charge in [0.25, 0.3) is 0 Å². The molecule has 0 heterocycles. The van der Waals surface area contributed by atoms with Gasteiger partial charge in [0, 0.05) is 12.8 Å². The molecule has 90 heavy (non-hydrogen) atoms. The monoisotopic (exact) mass is 1260 g/mol. The van der Waals surface area contributed by atoms with Gasteiger partial charge in [0.1, 0.15) is 0 Å². The molecule has 3 N–H and O–H groups in total. The molecule has 0 aliphatic rings. The fourth-order valence-corrected chi connectivity index (χ4v) is 13.1. The SMILES string of the molecule is CCCCC/C=C\C/C=C\CCCCCCCCCCCC(=O)OCCCCCCCCCCCCCCCCCCCCCCCCCCCCCCCC(=O)NC(CO)C(O)/C=C/CCCCCCCCCCCCCCCCCCCCCCCCC. The number of hydrogen-bond acceptors (Lipinski definition) is 5. The lowest BCUT2D eigenvalue weighted by molar-refractivity contribution is -0.143. The molecule has 0 aromatic heterocycles. The van der Waals surface area contributed by atoms with Crippen LogP contribution in [0.2, 0.25) is 0 Å². The van der Waals surface area contributed by atoms with Crippen LogP contribution in [0.25, 0.3) is 0 Å². The fourth-order valence-electron chi connectivity index (χ4n) is 13.1. The Morgan fingerprint density at radius 2 is 0.556 bits per heavy atom. The number of ether oxygens (including phenoxy) is 1. The van der Waals surface area contributed by atoms with Crippen molar-refractivity contribution in [2.45, 2.75) is 475 Å². The topological polar surface area (TPSA) is 95.9 Å². The first-order valence-electron chi connectivity index (χ1n) is 41.3. The number of carbonyl (C=O) groups excluding carboxylic acids is 2. The zero-order valence-corrected chi connectivity index (χ0v) is 61.1. The lowest BCUT2D eigenvalue weighted by Crippen LogP contribution is -2.45. The lowest BCUT2D eigenvalue weighted by Gasteiger charge is -2.20. The van der Waals surface area contributed by atoms with Gasteiger partial charge in [0.2, 0.25) is 5.91 Å². The van der Waals surface area contributed by atoms with Gasteiger partial charge in [0.15, 0.2) is 0 Å². The van der Waals surface area contributed by atoms with Gasteiger partial charge in [-0.05, 0) is 64.2 Å². The second-order valence-electron chi connectivity index (χ2n) is 28.5. The largest absolute Gasteiger partial charge is 0.466 e. The van der Waals surface area contributed by atoms with Gasteiger partial charge in [-0.25, -0.2) is 0 Å². The first-order valence-corrected chi connectivity index (χ1v) is 41.3. The minimum atomic E-state index is -0.844. The summed E-state index contributed by atoms with van der Waals surface area (Å²) >= 11 is 0. The number of hydrogen-bond donors (Lipinski definition) is 3. The number of nitrogens with one attached hydrogen (secondary N) is 1. The van der Waals surface area contributed by atoms with Crippen LogP contribution in [0.5, 0.6) is 0 Å². The van der Waals surface area contributed by atoms with E-state index in [0.717, 1.165) is 51.4 Å². The van der Waals surface area contributed by atoms with Crippen molar-refractivity contribution in [3.05, 3.63) is 36.5 Å². The van der Waals surface area contributed by atoms with Crippen molar-refractivity contribution in [3.8, 4) is 0 Å². The molecule has 0 spiro atoms. The minimum Gasteiger partial charge on any atom is -0.466 e. The first kappa shape index (κ1) is 88.1. The summed E-state index contributed by atoms with van der Waals surface area (Å²) < 4.78 is 5.52. The highest BCUT2D eigenvalue weighted by Gasteiger charge is 2.18. The summed E-state index contributed by atoms with van der Waals surface area (Å²) in [5.74, 6) is -0.0427. The average molecular weight is 1270 g/mol. The van der Waals surface area contributed by atoms with E-state index < -0.39 is 12.1 Å². The quantitative estimate of drug-likeness (QED) is 0.0320. The van der Waals surface area contributed by atoms with E-state index >= 15 is 0 Å². The van der Waals surface area contributed by atoms with Crippen LogP contribution < -0.4 is 5.32 Å². The van der Waals surface area contributed by atoms with E-state index in [1.54, 1.807) is 6.08 Å². The van der Waals surface area contributed by atoms with Crippen LogP contribution in [-0.2, 0) is 14.3 Å². The van der Waals surface area contributed by atoms with Crippen LogP contribution >= 0.6 is 0 Å².